The number of carbonyl (C=O) groups is 1. The molecule has 0 aliphatic carbocycles. The van der Waals surface area contributed by atoms with E-state index in [9.17, 15) is 4.79 Å². The highest BCUT2D eigenvalue weighted by Gasteiger charge is 2.16. The highest BCUT2D eigenvalue weighted by Crippen LogP contribution is 2.02. The fraction of sp³-hybridized carbons (Fsp3) is 0.889. The highest BCUT2D eigenvalue weighted by molar-refractivity contribution is 5.75. The fourth-order valence-electron chi connectivity index (χ4n) is 0.739. The topological polar surface area (TPSA) is 64.3 Å². The van der Waals surface area contributed by atoms with Crippen molar-refractivity contribution in [2.45, 2.75) is 39.7 Å². The third-order valence-electron chi connectivity index (χ3n) is 1.22. The average Bonchev–Trinajstić information content (AvgIpc) is 1.81. The van der Waals surface area contributed by atoms with Gasteiger partial charge < -0.3 is 5.73 Å². The second-order valence-electron chi connectivity index (χ2n) is 4.40. The summed E-state index contributed by atoms with van der Waals surface area (Å²) < 4.78 is 0. The molecule has 78 valence electrons. The van der Waals surface area contributed by atoms with E-state index in [1.54, 1.807) is 13.8 Å². The molecule has 1 amide bonds. The highest BCUT2D eigenvalue weighted by atomic mass is 16.6. The Bertz CT molecular complexity index is 161. The van der Waals surface area contributed by atoms with Crippen LogP contribution in [0.2, 0.25) is 0 Å². The number of hydroxylamine groups is 1. The summed E-state index contributed by atoms with van der Waals surface area (Å²) in [6, 6.07) is 0. The molecule has 4 heteroatoms. The van der Waals surface area contributed by atoms with Gasteiger partial charge in [0.1, 0.15) is 0 Å². The average molecular weight is 188 g/mol. The molecular weight excluding hydrogens is 168 g/mol. The van der Waals surface area contributed by atoms with Gasteiger partial charge in [-0.1, -0.05) is 13.8 Å². The molecule has 0 fully saturated rings. The number of carbonyl (C=O) groups excluding carboxylic acids is 1. The van der Waals surface area contributed by atoms with Gasteiger partial charge in [-0.2, -0.15) is 0 Å². The van der Waals surface area contributed by atoms with Gasteiger partial charge in [-0.3, -0.25) is 9.63 Å². The van der Waals surface area contributed by atoms with Crippen LogP contribution in [0, 0.1) is 5.92 Å². The smallest absolute Gasteiger partial charge is 0.245 e. The van der Waals surface area contributed by atoms with Gasteiger partial charge in [0.25, 0.3) is 0 Å². The lowest BCUT2D eigenvalue weighted by Crippen LogP contribution is -2.39. The van der Waals surface area contributed by atoms with E-state index >= 15 is 0 Å². The van der Waals surface area contributed by atoms with E-state index in [4.69, 9.17) is 10.6 Å². The molecule has 0 spiro atoms. The molecule has 0 aromatic carbocycles. The number of amides is 1. The molecule has 0 aromatic heterocycles. The van der Waals surface area contributed by atoms with Crippen molar-refractivity contribution >= 4 is 5.91 Å². The van der Waals surface area contributed by atoms with Crippen molar-refractivity contribution in [2.24, 2.45) is 11.7 Å². The number of nitrogens with two attached hydrogens (primary N) is 1. The van der Waals surface area contributed by atoms with Crippen molar-refractivity contribution < 1.29 is 9.63 Å². The molecule has 0 bridgehead atoms. The maximum absolute atomic E-state index is 11.1. The summed E-state index contributed by atoms with van der Waals surface area (Å²) >= 11 is 0. The number of hydrogen-bond acceptors (Lipinski definition) is 3. The molecule has 0 saturated carbocycles. The number of nitrogens with one attached hydrogen (secondary N) is 1. The largest absolute Gasteiger partial charge is 0.325 e. The Morgan fingerprint density at radius 1 is 1.54 bits per heavy atom. The molecule has 4 nitrogen and oxygen atoms in total. The summed E-state index contributed by atoms with van der Waals surface area (Å²) in [5.41, 5.74) is 7.52. The van der Waals surface area contributed by atoms with Gasteiger partial charge in [0, 0.05) is 12.0 Å². The Balaban J connectivity index is 3.53. The van der Waals surface area contributed by atoms with Crippen molar-refractivity contribution in [2.75, 3.05) is 6.61 Å². The molecule has 3 N–H and O–H groups in total. The van der Waals surface area contributed by atoms with Crippen LogP contribution in [0.1, 0.15) is 34.1 Å². The lowest BCUT2D eigenvalue weighted by Gasteiger charge is -2.17. The molecule has 0 radical (unpaired) electrons. The summed E-state index contributed by atoms with van der Waals surface area (Å²) in [5, 5.41) is 0. The maximum Gasteiger partial charge on any atom is 0.245 e. The van der Waals surface area contributed by atoms with Crippen LogP contribution < -0.4 is 11.2 Å². The monoisotopic (exact) mass is 188 g/mol. The Labute approximate surface area is 79.8 Å². The first-order chi connectivity index (χ1) is 5.81. The van der Waals surface area contributed by atoms with Crippen molar-refractivity contribution in [1.82, 2.24) is 5.48 Å². The second kappa shape index (κ2) is 5.19. The van der Waals surface area contributed by atoms with Gasteiger partial charge in [0.05, 0.1) is 6.61 Å². The summed E-state index contributed by atoms with van der Waals surface area (Å²) in [6.07, 6.45) is 0.269. The zero-order valence-corrected chi connectivity index (χ0v) is 8.89. The third-order valence-corrected chi connectivity index (χ3v) is 1.22. The molecule has 0 saturated heterocycles. The SMILES string of the molecule is CC(C)CONC(=O)CC(C)(C)N. The summed E-state index contributed by atoms with van der Waals surface area (Å²) in [7, 11) is 0. The normalized spacial score (nSPS) is 11.8. The van der Waals surface area contributed by atoms with Crippen molar-refractivity contribution in [3.05, 3.63) is 0 Å². The predicted octanol–water partition coefficient (Wildman–Crippen LogP) is 0.818. The molecule has 0 aromatic rings. The summed E-state index contributed by atoms with van der Waals surface area (Å²) in [5.74, 6) is 0.235. The molecule has 0 atom stereocenters. The van der Waals surface area contributed by atoms with Gasteiger partial charge in [-0.15, -0.1) is 0 Å². The van der Waals surface area contributed by atoms with Crippen molar-refractivity contribution in [1.29, 1.82) is 0 Å². The van der Waals surface area contributed by atoms with Crippen LogP contribution in [0.25, 0.3) is 0 Å². The summed E-state index contributed by atoms with van der Waals surface area (Å²) in [6.45, 7) is 8.15. The van der Waals surface area contributed by atoms with E-state index < -0.39 is 5.54 Å². The minimum Gasteiger partial charge on any atom is -0.325 e. The molecule has 0 unspecified atom stereocenters. The van der Waals surface area contributed by atoms with Crippen LogP contribution >= 0.6 is 0 Å². The van der Waals surface area contributed by atoms with E-state index in [0.717, 1.165) is 0 Å². The Morgan fingerprint density at radius 2 is 2.08 bits per heavy atom. The third kappa shape index (κ3) is 9.30. The Morgan fingerprint density at radius 3 is 2.46 bits per heavy atom. The van der Waals surface area contributed by atoms with E-state index in [1.165, 1.54) is 0 Å². The van der Waals surface area contributed by atoms with Gasteiger partial charge in [0.2, 0.25) is 5.91 Å². The van der Waals surface area contributed by atoms with Gasteiger partial charge >= 0.3 is 0 Å². The Hall–Kier alpha value is -0.610. The van der Waals surface area contributed by atoms with Gasteiger partial charge in [-0.05, 0) is 19.8 Å². The minimum absolute atomic E-state index is 0.173. The quantitative estimate of drug-likeness (QED) is 0.628. The first-order valence-electron chi connectivity index (χ1n) is 4.51. The first kappa shape index (κ1) is 12.4. The molecular formula is C9H20N2O2. The summed E-state index contributed by atoms with van der Waals surface area (Å²) in [4.78, 5) is 16.1. The number of hydrogen-bond donors (Lipinski definition) is 2. The molecule has 0 rings (SSSR count). The van der Waals surface area contributed by atoms with Crippen LogP contribution in [0.4, 0.5) is 0 Å². The fourth-order valence-corrected chi connectivity index (χ4v) is 0.739. The lowest BCUT2D eigenvalue weighted by atomic mass is 10.0. The predicted molar refractivity (Wildman–Crippen MR) is 51.8 cm³/mol. The van der Waals surface area contributed by atoms with Crippen molar-refractivity contribution in [3.63, 3.8) is 0 Å². The van der Waals surface area contributed by atoms with E-state index in [2.05, 4.69) is 5.48 Å². The van der Waals surface area contributed by atoms with E-state index in [0.29, 0.717) is 12.5 Å². The molecule has 0 aliphatic heterocycles. The lowest BCUT2D eigenvalue weighted by molar-refractivity contribution is -0.135. The van der Waals surface area contributed by atoms with E-state index in [1.807, 2.05) is 13.8 Å². The van der Waals surface area contributed by atoms with E-state index in [-0.39, 0.29) is 12.3 Å². The van der Waals surface area contributed by atoms with Crippen LogP contribution in [-0.4, -0.2) is 18.1 Å². The van der Waals surface area contributed by atoms with Crippen LogP contribution in [0.5, 0.6) is 0 Å². The minimum atomic E-state index is -0.481. The molecule has 0 heterocycles. The molecule has 13 heavy (non-hydrogen) atoms. The van der Waals surface area contributed by atoms with Crippen LogP contribution in [0.3, 0.4) is 0 Å². The van der Waals surface area contributed by atoms with Crippen LogP contribution in [-0.2, 0) is 9.63 Å². The zero-order chi connectivity index (χ0) is 10.5. The molecule has 0 aliphatic rings. The van der Waals surface area contributed by atoms with Gasteiger partial charge in [-0.25, -0.2) is 5.48 Å². The van der Waals surface area contributed by atoms with Gasteiger partial charge in [0.15, 0.2) is 0 Å². The Kier molecular flexibility index (Phi) is 4.95. The second-order valence-corrected chi connectivity index (χ2v) is 4.40. The maximum atomic E-state index is 11.1. The standard InChI is InChI=1S/C9H20N2O2/c1-7(2)6-13-11-8(12)5-9(3,4)10/h7H,5-6,10H2,1-4H3,(H,11,12). The number of rotatable bonds is 5. The van der Waals surface area contributed by atoms with Crippen molar-refractivity contribution in [3.8, 4) is 0 Å². The first-order valence-corrected chi connectivity index (χ1v) is 4.51. The zero-order valence-electron chi connectivity index (χ0n) is 8.89. The van der Waals surface area contributed by atoms with Crippen LogP contribution in [0.15, 0.2) is 0 Å².